The third-order valence-electron chi connectivity index (χ3n) is 4.77. The van der Waals surface area contributed by atoms with E-state index in [-0.39, 0.29) is 11.1 Å². The number of ether oxygens (including phenoxy) is 2. The maximum atomic E-state index is 13.2. The summed E-state index contributed by atoms with van der Waals surface area (Å²) in [6.45, 7) is 0.871. The Morgan fingerprint density at radius 2 is 1.88 bits per heavy atom. The Hall–Kier alpha value is -1.64. The minimum Gasteiger partial charge on any atom is -0.381 e. The minimum absolute atomic E-state index is 0.0259. The fourth-order valence-electron chi connectivity index (χ4n) is 3.01. The highest BCUT2D eigenvalue weighted by Crippen LogP contribution is 2.35. The molecule has 2 rings (SSSR count). The lowest BCUT2D eigenvalue weighted by atomic mass is 9.88. The van der Waals surface area contributed by atoms with Gasteiger partial charge in [-0.05, 0) is 32.5 Å². The molecule has 26 heavy (non-hydrogen) atoms. The Morgan fingerprint density at radius 1 is 1.27 bits per heavy atom. The van der Waals surface area contributed by atoms with E-state index in [1.165, 1.54) is 24.3 Å². The Balaban J connectivity index is 1.92. The summed E-state index contributed by atoms with van der Waals surface area (Å²) in [6.07, 6.45) is -5.22. The molecule has 0 aliphatic carbocycles. The quantitative estimate of drug-likeness (QED) is 0.797. The zero-order valence-corrected chi connectivity index (χ0v) is 15.0. The van der Waals surface area contributed by atoms with Crippen LogP contribution in [0.4, 0.5) is 13.2 Å². The second-order valence-electron chi connectivity index (χ2n) is 6.65. The molecule has 5 nitrogen and oxygen atoms in total. The van der Waals surface area contributed by atoms with E-state index in [1.54, 1.807) is 6.07 Å². The standard InChI is InChI=1S/C18H25F3N2O3/c1-23(2)17(8-10-25-11-9-17)13-22-15(24)12-26-16(18(19,20)21)14-6-4-3-5-7-14/h3-7,16H,8-13H2,1-2H3,(H,22,24). The molecule has 146 valence electrons. The molecule has 0 bridgehead atoms. The average molecular weight is 374 g/mol. The maximum Gasteiger partial charge on any atom is 0.418 e. The molecular formula is C18H25F3N2O3. The van der Waals surface area contributed by atoms with Crippen LogP contribution in [-0.2, 0) is 14.3 Å². The number of benzene rings is 1. The highest BCUT2D eigenvalue weighted by molar-refractivity contribution is 5.77. The Bertz CT molecular complexity index is 573. The van der Waals surface area contributed by atoms with E-state index >= 15 is 0 Å². The van der Waals surface area contributed by atoms with Crippen molar-refractivity contribution >= 4 is 5.91 Å². The number of alkyl halides is 3. The summed E-state index contributed by atoms with van der Waals surface area (Å²) in [5.41, 5.74) is -0.279. The summed E-state index contributed by atoms with van der Waals surface area (Å²) in [6, 6.07) is 7.30. The van der Waals surface area contributed by atoms with Gasteiger partial charge in [-0.1, -0.05) is 30.3 Å². The summed E-state index contributed by atoms with van der Waals surface area (Å²) in [7, 11) is 3.84. The molecule has 1 amide bonds. The Morgan fingerprint density at radius 3 is 2.42 bits per heavy atom. The van der Waals surface area contributed by atoms with Crippen molar-refractivity contribution in [2.24, 2.45) is 0 Å². The Kier molecular flexibility index (Phi) is 7.02. The lowest BCUT2D eigenvalue weighted by Gasteiger charge is -2.42. The first-order valence-electron chi connectivity index (χ1n) is 8.50. The molecule has 1 aromatic carbocycles. The molecule has 0 saturated carbocycles. The van der Waals surface area contributed by atoms with Gasteiger partial charge in [0.25, 0.3) is 0 Å². The van der Waals surface area contributed by atoms with Crippen molar-refractivity contribution in [3.05, 3.63) is 35.9 Å². The van der Waals surface area contributed by atoms with Gasteiger partial charge in [0, 0.05) is 25.3 Å². The molecule has 1 unspecified atom stereocenters. The smallest absolute Gasteiger partial charge is 0.381 e. The van der Waals surface area contributed by atoms with Crippen molar-refractivity contribution in [2.75, 3.05) is 40.5 Å². The topological polar surface area (TPSA) is 50.8 Å². The molecule has 1 N–H and O–H groups in total. The molecular weight excluding hydrogens is 349 g/mol. The van der Waals surface area contributed by atoms with Gasteiger partial charge in [-0.2, -0.15) is 13.2 Å². The molecule has 8 heteroatoms. The van der Waals surface area contributed by atoms with Gasteiger partial charge in [-0.15, -0.1) is 0 Å². The lowest BCUT2D eigenvalue weighted by Crippen LogP contribution is -2.56. The van der Waals surface area contributed by atoms with Crippen molar-refractivity contribution in [3.63, 3.8) is 0 Å². The van der Waals surface area contributed by atoms with Gasteiger partial charge in [0.2, 0.25) is 5.91 Å². The van der Waals surface area contributed by atoms with Crippen molar-refractivity contribution in [2.45, 2.75) is 30.7 Å². The highest BCUT2D eigenvalue weighted by atomic mass is 19.4. The number of hydrogen-bond acceptors (Lipinski definition) is 4. The van der Waals surface area contributed by atoms with Gasteiger partial charge in [-0.25, -0.2) is 0 Å². The summed E-state index contributed by atoms with van der Waals surface area (Å²) in [5, 5.41) is 2.70. The first kappa shape index (κ1) is 20.7. The van der Waals surface area contributed by atoms with Crippen LogP contribution in [0.25, 0.3) is 0 Å². The highest BCUT2D eigenvalue weighted by Gasteiger charge is 2.42. The number of nitrogens with zero attached hydrogens (tertiary/aromatic N) is 1. The number of carbonyl (C=O) groups is 1. The third kappa shape index (κ3) is 5.43. The van der Waals surface area contributed by atoms with Crippen LogP contribution in [0.1, 0.15) is 24.5 Å². The second-order valence-corrected chi connectivity index (χ2v) is 6.65. The van der Waals surface area contributed by atoms with E-state index in [0.29, 0.717) is 19.8 Å². The predicted molar refractivity (Wildman–Crippen MR) is 90.7 cm³/mol. The summed E-state index contributed by atoms with van der Waals surface area (Å²) < 4.78 is 49.9. The van der Waals surface area contributed by atoms with Crippen molar-refractivity contribution in [1.29, 1.82) is 0 Å². The van der Waals surface area contributed by atoms with Crippen LogP contribution < -0.4 is 5.32 Å². The van der Waals surface area contributed by atoms with Crippen molar-refractivity contribution < 1.29 is 27.4 Å². The number of nitrogens with one attached hydrogen (secondary N) is 1. The minimum atomic E-state index is -4.59. The third-order valence-corrected chi connectivity index (χ3v) is 4.77. The zero-order chi connectivity index (χ0) is 19.2. The van der Waals surface area contributed by atoms with E-state index < -0.39 is 24.8 Å². The predicted octanol–water partition coefficient (Wildman–Crippen LogP) is 2.53. The molecule has 1 aliphatic rings. The van der Waals surface area contributed by atoms with Gasteiger partial charge in [-0.3, -0.25) is 4.79 Å². The van der Waals surface area contributed by atoms with Crippen LogP contribution >= 0.6 is 0 Å². The maximum absolute atomic E-state index is 13.2. The largest absolute Gasteiger partial charge is 0.418 e. The number of likely N-dealkylation sites (N-methyl/N-ethyl adjacent to an activating group) is 1. The van der Waals surface area contributed by atoms with E-state index in [4.69, 9.17) is 9.47 Å². The fraction of sp³-hybridized carbons (Fsp3) is 0.611. The first-order chi connectivity index (χ1) is 12.2. The number of hydrogen-bond donors (Lipinski definition) is 1. The van der Waals surface area contributed by atoms with E-state index in [9.17, 15) is 18.0 Å². The average Bonchev–Trinajstić information content (AvgIpc) is 2.60. The molecule has 1 aromatic rings. The molecule has 1 aliphatic heterocycles. The van der Waals surface area contributed by atoms with Crippen LogP contribution in [0.15, 0.2) is 30.3 Å². The van der Waals surface area contributed by atoms with Crippen LogP contribution in [-0.4, -0.2) is 63.0 Å². The number of rotatable bonds is 7. The van der Waals surface area contributed by atoms with Crippen LogP contribution in [0.2, 0.25) is 0 Å². The lowest BCUT2D eigenvalue weighted by molar-refractivity contribution is -0.223. The number of carbonyl (C=O) groups excluding carboxylic acids is 1. The molecule has 0 aromatic heterocycles. The number of halogens is 3. The van der Waals surface area contributed by atoms with Gasteiger partial charge < -0.3 is 19.7 Å². The number of amides is 1. The molecule has 0 radical (unpaired) electrons. The summed E-state index contributed by atoms with van der Waals surface area (Å²) in [5.74, 6) is -0.567. The van der Waals surface area contributed by atoms with E-state index in [1.807, 2.05) is 19.0 Å². The van der Waals surface area contributed by atoms with Crippen LogP contribution in [0, 0.1) is 0 Å². The van der Waals surface area contributed by atoms with Gasteiger partial charge >= 0.3 is 6.18 Å². The summed E-state index contributed by atoms with van der Waals surface area (Å²) >= 11 is 0. The van der Waals surface area contributed by atoms with Crippen LogP contribution in [0.5, 0.6) is 0 Å². The van der Waals surface area contributed by atoms with Gasteiger partial charge in [0.15, 0.2) is 6.10 Å². The summed E-state index contributed by atoms with van der Waals surface area (Å²) in [4.78, 5) is 14.1. The Labute approximate surface area is 151 Å². The van der Waals surface area contributed by atoms with Crippen LogP contribution in [0.3, 0.4) is 0 Å². The molecule has 1 atom stereocenters. The van der Waals surface area contributed by atoms with Gasteiger partial charge in [0.05, 0.1) is 0 Å². The van der Waals surface area contributed by atoms with E-state index in [2.05, 4.69) is 5.32 Å². The SMILES string of the molecule is CN(C)C1(CNC(=O)COC(c2ccccc2)C(F)(F)F)CCOCC1. The normalized spacial score (nSPS) is 18.5. The molecule has 1 saturated heterocycles. The fourth-order valence-corrected chi connectivity index (χ4v) is 3.01. The molecule has 0 spiro atoms. The zero-order valence-electron chi connectivity index (χ0n) is 15.0. The van der Waals surface area contributed by atoms with Gasteiger partial charge in [0.1, 0.15) is 6.61 Å². The monoisotopic (exact) mass is 374 g/mol. The molecule has 1 heterocycles. The van der Waals surface area contributed by atoms with Crippen molar-refractivity contribution in [1.82, 2.24) is 10.2 Å². The first-order valence-corrected chi connectivity index (χ1v) is 8.50. The second kappa shape index (κ2) is 8.83. The van der Waals surface area contributed by atoms with E-state index in [0.717, 1.165) is 12.8 Å². The molecule has 1 fully saturated rings. The van der Waals surface area contributed by atoms with Crippen molar-refractivity contribution in [3.8, 4) is 0 Å².